The third-order valence-electron chi connectivity index (χ3n) is 1.67. The van der Waals surface area contributed by atoms with Crippen molar-refractivity contribution in [3.63, 3.8) is 0 Å². The van der Waals surface area contributed by atoms with Crippen molar-refractivity contribution >= 4 is 18.0 Å². The highest BCUT2D eigenvalue weighted by Gasteiger charge is 2.15. The Morgan fingerprint density at radius 3 is 2.11 bits per heavy atom. The highest BCUT2D eigenvalue weighted by atomic mass is 32.2. The minimum Gasteiger partial charge on any atom is -0.443 e. The van der Waals surface area contributed by atoms with Gasteiger partial charge in [0.05, 0.1) is 0 Å². The number of aryl methyl sites for hydroxylation is 1. The van der Waals surface area contributed by atoms with Crippen LogP contribution in [0.1, 0.15) is 26.3 Å². The largest absolute Gasteiger partial charge is 0.443 e. The van der Waals surface area contributed by atoms with Crippen molar-refractivity contribution in [1.29, 1.82) is 0 Å². The molecule has 0 aliphatic rings. The molecule has 6 heteroatoms. The summed E-state index contributed by atoms with van der Waals surface area (Å²) in [4.78, 5) is 12.3. The van der Waals surface area contributed by atoms with Gasteiger partial charge in [0.1, 0.15) is 5.60 Å². The topological polar surface area (TPSA) is 101 Å². The Morgan fingerprint density at radius 1 is 1.17 bits per heavy atom. The van der Waals surface area contributed by atoms with E-state index in [-0.39, 0.29) is 11.0 Å². The lowest BCUT2D eigenvalue weighted by Gasteiger charge is -2.19. The van der Waals surface area contributed by atoms with Crippen LogP contribution in [0.5, 0.6) is 0 Å². The number of ether oxygens (including phenoxy) is 1. The molecule has 0 aliphatic carbocycles. The van der Waals surface area contributed by atoms with Crippen LogP contribution >= 0.6 is 11.9 Å². The summed E-state index contributed by atoms with van der Waals surface area (Å²) >= 11 is 1.25. The van der Waals surface area contributed by atoms with Gasteiger partial charge in [-0.05, 0) is 51.8 Å². The zero-order chi connectivity index (χ0) is 12.2. The van der Waals surface area contributed by atoms with Crippen LogP contribution in [0.3, 0.4) is 0 Å². The van der Waals surface area contributed by atoms with Crippen molar-refractivity contribution in [3.8, 4) is 0 Å². The molecule has 0 heterocycles. The molecular weight excluding hydrogens is 254 g/mol. The molecule has 1 rings (SSSR count). The van der Waals surface area contributed by atoms with E-state index in [4.69, 9.17) is 4.74 Å². The molecule has 0 aliphatic heterocycles. The first-order valence-electron chi connectivity index (χ1n) is 5.09. The smallest absolute Gasteiger partial charge is 0.418 e. The second kappa shape index (κ2) is 7.97. The standard InChI is InChI=1S/C12H17NO2S.2H2O/c1-9-5-7-10(8-6-9)16-13-11(14)15-12(2,3)4;;/h5-8H,1-4H3,(H,13,14);2*1H2. The van der Waals surface area contributed by atoms with Gasteiger partial charge >= 0.3 is 6.09 Å². The summed E-state index contributed by atoms with van der Waals surface area (Å²) in [5, 5.41) is 0. The highest BCUT2D eigenvalue weighted by molar-refractivity contribution is 7.98. The van der Waals surface area contributed by atoms with Crippen LogP contribution in [0.15, 0.2) is 29.2 Å². The number of rotatable bonds is 2. The van der Waals surface area contributed by atoms with E-state index in [0.29, 0.717) is 0 Å². The fourth-order valence-electron chi connectivity index (χ4n) is 1.01. The van der Waals surface area contributed by atoms with Gasteiger partial charge in [-0.1, -0.05) is 17.7 Å². The molecule has 1 aromatic carbocycles. The molecule has 1 aromatic rings. The van der Waals surface area contributed by atoms with Gasteiger partial charge in [0.15, 0.2) is 0 Å². The molecule has 0 spiro atoms. The first kappa shape index (κ1) is 19.1. The summed E-state index contributed by atoms with van der Waals surface area (Å²) in [5.74, 6) is 0. The predicted molar refractivity (Wildman–Crippen MR) is 73.6 cm³/mol. The van der Waals surface area contributed by atoms with Gasteiger partial charge in [0, 0.05) is 4.90 Å². The van der Waals surface area contributed by atoms with E-state index in [2.05, 4.69) is 4.72 Å². The zero-order valence-electron chi connectivity index (χ0n) is 11.0. The number of benzene rings is 1. The summed E-state index contributed by atoms with van der Waals surface area (Å²) in [6.07, 6.45) is -0.418. The Hall–Kier alpha value is -1.24. The first-order chi connectivity index (χ1) is 7.37. The van der Waals surface area contributed by atoms with Crippen molar-refractivity contribution in [3.05, 3.63) is 29.8 Å². The molecule has 0 atom stereocenters. The maximum absolute atomic E-state index is 11.3. The molecule has 5 nitrogen and oxygen atoms in total. The summed E-state index contributed by atoms with van der Waals surface area (Å²) in [6, 6.07) is 7.91. The Balaban J connectivity index is 0. The van der Waals surface area contributed by atoms with Gasteiger partial charge in [0.25, 0.3) is 0 Å². The Morgan fingerprint density at radius 2 is 1.67 bits per heavy atom. The summed E-state index contributed by atoms with van der Waals surface area (Å²) < 4.78 is 7.74. The van der Waals surface area contributed by atoms with Crippen LogP contribution in [-0.2, 0) is 4.74 Å². The van der Waals surface area contributed by atoms with Crippen LogP contribution < -0.4 is 4.72 Å². The van der Waals surface area contributed by atoms with E-state index in [1.807, 2.05) is 52.0 Å². The van der Waals surface area contributed by atoms with E-state index in [0.717, 1.165) is 4.90 Å². The van der Waals surface area contributed by atoms with Crippen molar-refractivity contribution in [1.82, 2.24) is 4.72 Å². The zero-order valence-corrected chi connectivity index (χ0v) is 11.9. The van der Waals surface area contributed by atoms with E-state index >= 15 is 0 Å². The first-order valence-corrected chi connectivity index (χ1v) is 5.91. The second-order valence-electron chi connectivity index (χ2n) is 4.52. The van der Waals surface area contributed by atoms with Crippen molar-refractivity contribution < 1.29 is 20.5 Å². The Labute approximate surface area is 112 Å². The minimum atomic E-state index is -0.460. The van der Waals surface area contributed by atoms with Crippen LogP contribution in [-0.4, -0.2) is 22.6 Å². The lowest BCUT2D eigenvalue weighted by Crippen LogP contribution is -2.29. The lowest BCUT2D eigenvalue weighted by molar-refractivity contribution is 0.0574. The van der Waals surface area contributed by atoms with E-state index in [1.54, 1.807) is 0 Å². The number of carbonyl (C=O) groups is 1. The average molecular weight is 275 g/mol. The average Bonchev–Trinajstić information content (AvgIpc) is 2.14. The molecule has 0 saturated carbocycles. The lowest BCUT2D eigenvalue weighted by atomic mass is 10.2. The fraction of sp³-hybridized carbons (Fsp3) is 0.417. The van der Waals surface area contributed by atoms with Gasteiger partial charge in [-0.3, -0.25) is 4.72 Å². The maximum Gasteiger partial charge on any atom is 0.418 e. The van der Waals surface area contributed by atoms with E-state index in [9.17, 15) is 4.79 Å². The molecule has 18 heavy (non-hydrogen) atoms. The van der Waals surface area contributed by atoms with Crippen LogP contribution in [0.4, 0.5) is 4.79 Å². The third-order valence-corrected chi connectivity index (χ3v) is 2.45. The van der Waals surface area contributed by atoms with Crippen molar-refractivity contribution in [2.75, 3.05) is 0 Å². The van der Waals surface area contributed by atoms with E-state index in [1.165, 1.54) is 17.5 Å². The van der Waals surface area contributed by atoms with Gasteiger partial charge in [-0.25, -0.2) is 4.79 Å². The molecule has 0 unspecified atom stereocenters. The van der Waals surface area contributed by atoms with Crippen molar-refractivity contribution in [2.45, 2.75) is 38.2 Å². The Kier molecular flexibility index (Phi) is 8.46. The summed E-state index contributed by atoms with van der Waals surface area (Å²) in [7, 11) is 0. The van der Waals surface area contributed by atoms with Gasteiger partial charge in [0.2, 0.25) is 0 Å². The highest BCUT2D eigenvalue weighted by Crippen LogP contribution is 2.16. The molecule has 0 radical (unpaired) electrons. The van der Waals surface area contributed by atoms with E-state index < -0.39 is 11.7 Å². The molecular formula is C12H21NO4S. The van der Waals surface area contributed by atoms with Gasteiger partial charge < -0.3 is 15.7 Å². The van der Waals surface area contributed by atoms with Crippen LogP contribution in [0.25, 0.3) is 0 Å². The normalized spacial score (nSPS) is 9.78. The van der Waals surface area contributed by atoms with Gasteiger partial charge in [-0.2, -0.15) is 0 Å². The predicted octanol–water partition coefficient (Wildman–Crippen LogP) is 1.88. The van der Waals surface area contributed by atoms with Crippen LogP contribution in [0, 0.1) is 6.92 Å². The minimum absolute atomic E-state index is 0. The van der Waals surface area contributed by atoms with Gasteiger partial charge in [-0.15, -0.1) is 0 Å². The number of amides is 1. The fourth-order valence-corrected chi connectivity index (χ4v) is 1.52. The molecule has 1 amide bonds. The number of nitrogens with one attached hydrogen (secondary N) is 1. The second-order valence-corrected chi connectivity index (χ2v) is 5.40. The maximum atomic E-state index is 11.3. The monoisotopic (exact) mass is 275 g/mol. The summed E-state index contributed by atoms with van der Waals surface area (Å²) in [5.41, 5.74) is 0.736. The molecule has 5 N–H and O–H groups in total. The molecule has 0 aromatic heterocycles. The number of hydrogen-bond donors (Lipinski definition) is 1. The Bertz CT molecular complexity index is 359. The summed E-state index contributed by atoms with van der Waals surface area (Å²) in [6.45, 7) is 7.53. The number of carbonyl (C=O) groups excluding carboxylic acids is 1. The molecule has 0 bridgehead atoms. The number of hydrogen-bond acceptors (Lipinski definition) is 3. The third kappa shape index (κ3) is 7.94. The van der Waals surface area contributed by atoms with Crippen molar-refractivity contribution in [2.24, 2.45) is 0 Å². The molecule has 0 fully saturated rings. The molecule has 104 valence electrons. The SMILES string of the molecule is Cc1ccc(SNC(=O)OC(C)(C)C)cc1.O.O. The quantitative estimate of drug-likeness (QED) is 0.833. The van der Waals surface area contributed by atoms with Crippen LogP contribution in [0.2, 0.25) is 0 Å². The molecule has 0 saturated heterocycles.